The number of ether oxygens (including phenoxy) is 1. The molecule has 0 bridgehead atoms. The molecule has 0 spiro atoms. The van der Waals surface area contributed by atoms with Gasteiger partial charge in [0.05, 0.1) is 0 Å². The van der Waals surface area contributed by atoms with Gasteiger partial charge in [-0.25, -0.2) is 6.08 Å². The maximum absolute atomic E-state index is 4.76. The van der Waals surface area contributed by atoms with Crippen LogP contribution in [0.2, 0.25) is 0 Å². The molecule has 3 heteroatoms. The van der Waals surface area contributed by atoms with E-state index in [0.717, 1.165) is 23.7 Å². The minimum absolute atomic E-state index is 0.847. The number of hydrogen-bond donors (Lipinski definition) is 0. The Morgan fingerprint density at radius 2 is 2.20 bits per heavy atom. The molecule has 0 aliphatic heterocycles. The Morgan fingerprint density at radius 1 is 1.60 bits per heavy atom. The van der Waals surface area contributed by atoms with Crippen LogP contribution in [-0.4, -0.2) is 7.11 Å². The van der Waals surface area contributed by atoms with Crippen molar-refractivity contribution in [2.75, 3.05) is 7.11 Å². The van der Waals surface area contributed by atoms with Crippen LogP contribution in [-0.2, 0) is 22.0 Å². The van der Waals surface area contributed by atoms with Crippen molar-refractivity contribution in [1.82, 2.24) is 0 Å². The van der Waals surface area contributed by atoms with Crippen molar-refractivity contribution < 1.29 is 22.0 Å². The monoisotopic (exact) mass is 212 g/mol. The summed E-state index contributed by atoms with van der Waals surface area (Å²) in [6.45, 7) is 2.17. The normalized spacial score (nSPS) is 8.90. The first-order chi connectivity index (χ1) is 4.91. The summed E-state index contributed by atoms with van der Waals surface area (Å²) in [5, 5.41) is 0. The summed E-state index contributed by atoms with van der Waals surface area (Å²) >= 11 is 0.847. The average Bonchev–Trinajstić information content (AvgIpc) is 2.02. The summed E-state index contributed by atoms with van der Waals surface area (Å²) in [5.41, 5.74) is 0. The van der Waals surface area contributed by atoms with Gasteiger partial charge < -0.3 is 11.0 Å². The topological polar surface area (TPSA) is 9.23 Å². The van der Waals surface area contributed by atoms with E-state index in [1.807, 2.05) is 6.08 Å². The van der Waals surface area contributed by atoms with E-state index < -0.39 is 0 Å². The second kappa shape index (κ2) is 16.2. The van der Waals surface area contributed by atoms with E-state index in [1.165, 1.54) is 12.8 Å². The summed E-state index contributed by atoms with van der Waals surface area (Å²) in [6.07, 6.45) is 8.14. The van der Waals surface area contributed by atoms with Crippen LogP contribution < -0.4 is 0 Å². The van der Waals surface area contributed by atoms with Gasteiger partial charge >= 0.3 is 27.0 Å². The molecule has 0 aliphatic rings. The fourth-order valence-electron chi connectivity index (χ4n) is 0.448. The van der Waals surface area contributed by atoms with Gasteiger partial charge in [0.2, 0.25) is 0 Å². The zero-order chi connectivity index (χ0) is 8.24. The summed E-state index contributed by atoms with van der Waals surface area (Å²) in [5.74, 6) is 0. The van der Waals surface area contributed by atoms with Crippen LogP contribution in [0.5, 0.6) is 0 Å². The molecule has 0 saturated heterocycles. The summed E-state index contributed by atoms with van der Waals surface area (Å²) < 4.78 is 4.58. The first kappa shape index (κ1) is 13.1. The molecule has 0 rings (SSSR count). The molecular formula is C7H13ClOZn. The Labute approximate surface area is 77.5 Å². The second-order valence-electron chi connectivity index (χ2n) is 1.67. The van der Waals surface area contributed by atoms with Gasteiger partial charge in [-0.2, -0.15) is 0 Å². The first-order valence-corrected chi connectivity index (χ1v) is 7.18. The molecule has 0 N–H and O–H groups in total. The van der Waals surface area contributed by atoms with Gasteiger partial charge in [0, 0.05) is 7.11 Å². The Kier molecular flexibility index (Phi) is 21.2. The van der Waals surface area contributed by atoms with Crippen molar-refractivity contribution in [3.8, 4) is 0 Å². The van der Waals surface area contributed by atoms with E-state index in [4.69, 9.17) is 9.69 Å². The fourth-order valence-corrected chi connectivity index (χ4v) is 0.448. The third-order valence-corrected chi connectivity index (χ3v) is 0.903. The van der Waals surface area contributed by atoms with E-state index >= 15 is 0 Å². The third kappa shape index (κ3) is 15.8. The molecule has 0 fully saturated rings. The van der Waals surface area contributed by atoms with Crippen LogP contribution in [0.4, 0.5) is 0 Å². The molecule has 0 heterocycles. The van der Waals surface area contributed by atoms with Gasteiger partial charge in [0.15, 0.2) is 0 Å². The van der Waals surface area contributed by atoms with Crippen molar-refractivity contribution in [3.63, 3.8) is 0 Å². The molecule has 0 amide bonds. The second-order valence-corrected chi connectivity index (χ2v) is 1.67. The van der Waals surface area contributed by atoms with Crippen molar-refractivity contribution in [2.45, 2.75) is 26.2 Å². The van der Waals surface area contributed by atoms with Crippen LogP contribution in [0.15, 0.2) is 6.08 Å². The quantitative estimate of drug-likeness (QED) is 0.302. The first-order valence-electron chi connectivity index (χ1n) is 3.28. The number of halogens is 1. The predicted octanol–water partition coefficient (Wildman–Crippen LogP) is 2.83. The number of methoxy groups -OCH3 is 1. The number of unbranched alkanes of at least 4 members (excludes halogenated alkanes) is 2. The SMILES string of the molecule is CCCCC=[C-]OC.[Cl][Zn+]. The van der Waals surface area contributed by atoms with Crippen molar-refractivity contribution >= 4 is 9.69 Å². The van der Waals surface area contributed by atoms with Gasteiger partial charge in [-0.3, -0.25) is 0 Å². The molecule has 0 aromatic heterocycles. The van der Waals surface area contributed by atoms with Gasteiger partial charge in [-0.15, -0.1) is 0 Å². The van der Waals surface area contributed by atoms with Gasteiger partial charge in [0.1, 0.15) is 0 Å². The number of rotatable bonds is 4. The molecular weight excluding hydrogens is 201 g/mol. The average molecular weight is 214 g/mol. The summed E-state index contributed by atoms with van der Waals surface area (Å²) in [6, 6.07) is 0. The zero-order valence-corrected chi connectivity index (χ0v) is 10.4. The van der Waals surface area contributed by atoms with E-state index in [9.17, 15) is 0 Å². The molecule has 0 unspecified atom stereocenters. The molecule has 56 valence electrons. The van der Waals surface area contributed by atoms with E-state index in [0.29, 0.717) is 0 Å². The van der Waals surface area contributed by atoms with E-state index in [2.05, 4.69) is 17.9 Å². The fraction of sp³-hybridized carbons (Fsp3) is 0.714. The molecule has 0 atom stereocenters. The Morgan fingerprint density at radius 3 is 2.60 bits per heavy atom. The molecule has 0 saturated carbocycles. The van der Waals surface area contributed by atoms with Gasteiger partial charge in [0.25, 0.3) is 0 Å². The Bertz CT molecular complexity index is 66.6. The Balaban J connectivity index is 0. The zero-order valence-electron chi connectivity index (χ0n) is 6.69. The van der Waals surface area contributed by atoms with Crippen molar-refractivity contribution in [2.24, 2.45) is 0 Å². The van der Waals surface area contributed by atoms with Crippen LogP contribution in [0.3, 0.4) is 0 Å². The predicted molar refractivity (Wildman–Crippen MR) is 40.2 cm³/mol. The van der Waals surface area contributed by atoms with Gasteiger partial charge in [-0.05, 0) is 0 Å². The molecule has 1 nitrogen and oxygen atoms in total. The number of hydrogen-bond acceptors (Lipinski definition) is 1. The van der Waals surface area contributed by atoms with Crippen molar-refractivity contribution in [3.05, 3.63) is 12.3 Å². The third-order valence-electron chi connectivity index (χ3n) is 0.903. The maximum atomic E-state index is 4.76. The standard InChI is InChI=1S/C7H13O.ClH.Zn/c1-3-4-5-6-7-8-2;;/h6H,3-5H2,1-2H3;1H;/q-1;;+2/p-1. The van der Waals surface area contributed by atoms with Crippen LogP contribution in [0.1, 0.15) is 26.2 Å². The minimum atomic E-state index is 0.847. The molecule has 0 aromatic carbocycles. The Hall–Kier alpha value is 0.453. The van der Waals surface area contributed by atoms with Crippen LogP contribution in [0, 0.1) is 6.26 Å². The van der Waals surface area contributed by atoms with Crippen LogP contribution >= 0.6 is 9.69 Å². The molecule has 10 heavy (non-hydrogen) atoms. The molecule has 0 radical (unpaired) electrons. The molecule has 0 aliphatic carbocycles. The van der Waals surface area contributed by atoms with E-state index in [-0.39, 0.29) is 0 Å². The summed E-state index contributed by atoms with van der Waals surface area (Å²) in [4.78, 5) is 0. The van der Waals surface area contributed by atoms with Crippen molar-refractivity contribution in [1.29, 1.82) is 0 Å². The van der Waals surface area contributed by atoms with Crippen LogP contribution in [0.25, 0.3) is 0 Å². The number of allylic oxidation sites excluding steroid dienone is 1. The van der Waals surface area contributed by atoms with E-state index in [1.54, 1.807) is 7.11 Å². The molecule has 0 aromatic rings. The summed E-state index contributed by atoms with van der Waals surface area (Å²) in [7, 11) is 6.38. The van der Waals surface area contributed by atoms with Gasteiger partial charge in [-0.1, -0.05) is 26.2 Å².